The van der Waals surface area contributed by atoms with Crippen LogP contribution >= 0.6 is 23.2 Å². The zero-order valence-corrected chi connectivity index (χ0v) is 17.8. The number of carbonyl (C=O) groups excluding carboxylic acids is 3. The molecule has 0 aliphatic carbocycles. The molecule has 0 fully saturated rings. The van der Waals surface area contributed by atoms with Crippen LogP contribution < -0.4 is 25.6 Å². The van der Waals surface area contributed by atoms with Gasteiger partial charge in [-0.3, -0.25) is 25.2 Å². The predicted octanol–water partition coefficient (Wildman–Crippen LogP) is 2.74. The van der Waals surface area contributed by atoms with E-state index in [1.165, 1.54) is 25.1 Å². The van der Waals surface area contributed by atoms with E-state index in [4.69, 9.17) is 32.7 Å². The van der Waals surface area contributed by atoms with Gasteiger partial charge in [0.1, 0.15) is 11.5 Å². The smallest absolute Gasteiger partial charge is 0.279 e. The Morgan fingerprint density at radius 1 is 1.00 bits per heavy atom. The van der Waals surface area contributed by atoms with Gasteiger partial charge in [-0.2, -0.15) is 0 Å². The molecular weight excluding hydrogens is 433 g/mol. The maximum absolute atomic E-state index is 12.1. The lowest BCUT2D eigenvalue weighted by atomic mass is 10.2. The van der Waals surface area contributed by atoms with Crippen molar-refractivity contribution in [2.75, 3.05) is 13.2 Å². The highest BCUT2D eigenvalue weighted by Crippen LogP contribution is 2.21. The van der Waals surface area contributed by atoms with Crippen LogP contribution in [0.25, 0.3) is 0 Å². The molecule has 30 heavy (non-hydrogen) atoms. The van der Waals surface area contributed by atoms with Crippen molar-refractivity contribution >= 4 is 40.9 Å². The van der Waals surface area contributed by atoms with Crippen LogP contribution in [0.4, 0.5) is 0 Å². The number of hydrogen-bond acceptors (Lipinski definition) is 5. The van der Waals surface area contributed by atoms with Gasteiger partial charge in [0.2, 0.25) is 0 Å². The Hall–Kier alpha value is -2.97. The number of rotatable bonds is 8. The number of hydrogen-bond donors (Lipinski definition) is 3. The van der Waals surface area contributed by atoms with Crippen LogP contribution in [0.15, 0.2) is 42.5 Å². The van der Waals surface area contributed by atoms with E-state index in [1.807, 2.05) is 6.92 Å². The van der Waals surface area contributed by atoms with Gasteiger partial charge >= 0.3 is 0 Å². The van der Waals surface area contributed by atoms with E-state index in [0.717, 1.165) is 0 Å². The number of hydrazine groups is 1. The maximum atomic E-state index is 12.1. The minimum atomic E-state index is -0.870. The highest BCUT2D eigenvalue weighted by molar-refractivity contribution is 6.36. The Kier molecular flexibility index (Phi) is 8.76. The van der Waals surface area contributed by atoms with E-state index >= 15 is 0 Å². The normalized spacial score (nSPS) is 11.2. The lowest BCUT2D eigenvalue weighted by Crippen LogP contribution is -2.50. The van der Waals surface area contributed by atoms with Crippen LogP contribution in [-0.2, 0) is 9.59 Å². The third kappa shape index (κ3) is 7.13. The van der Waals surface area contributed by atoms with Crippen LogP contribution in [-0.4, -0.2) is 37.0 Å². The summed E-state index contributed by atoms with van der Waals surface area (Å²) in [7, 11) is 0. The predicted molar refractivity (Wildman–Crippen MR) is 113 cm³/mol. The summed E-state index contributed by atoms with van der Waals surface area (Å²) in [4.78, 5) is 36.0. The molecule has 0 aromatic heterocycles. The molecule has 0 saturated heterocycles. The fourth-order valence-corrected chi connectivity index (χ4v) is 2.74. The second-order valence-corrected chi connectivity index (χ2v) is 6.85. The second kappa shape index (κ2) is 11.3. The van der Waals surface area contributed by atoms with E-state index in [0.29, 0.717) is 23.1 Å². The topological polar surface area (TPSA) is 106 Å². The van der Waals surface area contributed by atoms with E-state index in [-0.39, 0.29) is 17.1 Å². The molecule has 0 aliphatic heterocycles. The molecule has 160 valence electrons. The summed E-state index contributed by atoms with van der Waals surface area (Å²) in [5.74, 6) is -0.583. The molecule has 10 heteroatoms. The molecule has 2 aromatic carbocycles. The summed E-state index contributed by atoms with van der Waals surface area (Å²) in [6.45, 7) is 3.59. The van der Waals surface area contributed by atoms with Crippen LogP contribution in [0, 0.1) is 0 Å². The molecular formula is C20H21Cl2N3O5. The van der Waals surface area contributed by atoms with E-state index in [2.05, 4.69) is 16.2 Å². The van der Waals surface area contributed by atoms with Crippen molar-refractivity contribution in [2.45, 2.75) is 20.0 Å². The Morgan fingerprint density at radius 3 is 2.30 bits per heavy atom. The Bertz CT molecular complexity index is 906. The minimum Gasteiger partial charge on any atom is -0.494 e. The maximum Gasteiger partial charge on any atom is 0.279 e. The fraction of sp³-hybridized carbons (Fsp3) is 0.250. The van der Waals surface area contributed by atoms with Crippen molar-refractivity contribution in [3.8, 4) is 11.5 Å². The highest BCUT2D eigenvalue weighted by atomic mass is 35.5. The first-order chi connectivity index (χ1) is 14.3. The average molecular weight is 454 g/mol. The quantitative estimate of drug-likeness (QED) is 0.532. The zero-order chi connectivity index (χ0) is 22.1. The number of halogens is 2. The van der Waals surface area contributed by atoms with Gasteiger partial charge in [0.05, 0.1) is 23.7 Å². The third-order valence-electron chi connectivity index (χ3n) is 3.73. The SMILES string of the molecule is CCOc1ccc(OC(C)C(=O)NNC(=O)CNC(=O)c2ccc(Cl)cc2Cl)cc1. The Balaban J connectivity index is 1.75. The Labute approximate surface area is 183 Å². The molecule has 1 atom stereocenters. The first-order valence-corrected chi connectivity index (χ1v) is 9.77. The highest BCUT2D eigenvalue weighted by Gasteiger charge is 2.16. The van der Waals surface area contributed by atoms with Gasteiger partial charge in [-0.05, 0) is 56.3 Å². The molecule has 2 rings (SSSR count). The molecule has 0 bridgehead atoms. The van der Waals surface area contributed by atoms with Crippen molar-refractivity contribution in [3.05, 3.63) is 58.1 Å². The van der Waals surface area contributed by atoms with Crippen molar-refractivity contribution in [1.29, 1.82) is 0 Å². The summed E-state index contributed by atoms with van der Waals surface area (Å²) in [5.41, 5.74) is 4.61. The number of amides is 3. The molecule has 0 saturated carbocycles. The van der Waals surface area contributed by atoms with Gasteiger partial charge in [0, 0.05) is 5.02 Å². The van der Waals surface area contributed by atoms with Crippen molar-refractivity contribution < 1.29 is 23.9 Å². The second-order valence-electron chi connectivity index (χ2n) is 6.01. The summed E-state index contributed by atoms with van der Waals surface area (Å²) in [6, 6.07) is 11.2. The molecule has 3 amide bonds. The third-order valence-corrected chi connectivity index (χ3v) is 4.28. The zero-order valence-electron chi connectivity index (χ0n) is 16.3. The molecule has 8 nitrogen and oxygen atoms in total. The number of ether oxygens (including phenoxy) is 2. The molecule has 2 aromatic rings. The van der Waals surface area contributed by atoms with E-state index in [9.17, 15) is 14.4 Å². The van der Waals surface area contributed by atoms with Gasteiger partial charge in [-0.1, -0.05) is 23.2 Å². The largest absolute Gasteiger partial charge is 0.494 e. The lowest BCUT2D eigenvalue weighted by Gasteiger charge is -2.15. The molecule has 3 N–H and O–H groups in total. The first kappa shape index (κ1) is 23.3. The first-order valence-electron chi connectivity index (χ1n) is 9.01. The van der Waals surface area contributed by atoms with Crippen molar-refractivity contribution in [3.63, 3.8) is 0 Å². The van der Waals surface area contributed by atoms with Gasteiger partial charge < -0.3 is 14.8 Å². The fourth-order valence-electron chi connectivity index (χ4n) is 2.25. The summed E-state index contributed by atoms with van der Waals surface area (Å²) >= 11 is 11.7. The van der Waals surface area contributed by atoms with Crippen LogP contribution in [0.2, 0.25) is 10.0 Å². The van der Waals surface area contributed by atoms with Crippen molar-refractivity contribution in [2.24, 2.45) is 0 Å². The van der Waals surface area contributed by atoms with Crippen LogP contribution in [0.5, 0.6) is 11.5 Å². The van der Waals surface area contributed by atoms with Gasteiger partial charge in [0.15, 0.2) is 6.10 Å². The molecule has 1 unspecified atom stereocenters. The van der Waals surface area contributed by atoms with E-state index < -0.39 is 23.8 Å². The van der Waals surface area contributed by atoms with Gasteiger partial charge in [0.25, 0.3) is 17.7 Å². The number of benzene rings is 2. The monoisotopic (exact) mass is 453 g/mol. The Morgan fingerprint density at radius 2 is 1.67 bits per heavy atom. The molecule has 0 spiro atoms. The number of carbonyl (C=O) groups is 3. The minimum absolute atomic E-state index is 0.161. The lowest BCUT2D eigenvalue weighted by molar-refractivity contribution is -0.132. The molecule has 0 radical (unpaired) electrons. The van der Waals surface area contributed by atoms with Crippen LogP contribution in [0.1, 0.15) is 24.2 Å². The standard InChI is InChI=1S/C20H21Cl2N3O5/c1-3-29-14-5-7-15(8-6-14)30-12(2)19(27)25-24-18(26)11-23-20(28)16-9-4-13(21)10-17(16)22/h4-10,12H,3,11H2,1-2H3,(H,23,28)(H,24,26)(H,25,27). The van der Waals surface area contributed by atoms with Crippen molar-refractivity contribution in [1.82, 2.24) is 16.2 Å². The van der Waals surface area contributed by atoms with Gasteiger partial charge in [-0.15, -0.1) is 0 Å². The van der Waals surface area contributed by atoms with Gasteiger partial charge in [-0.25, -0.2) is 0 Å². The molecule has 0 heterocycles. The van der Waals surface area contributed by atoms with E-state index in [1.54, 1.807) is 24.3 Å². The summed E-state index contributed by atoms with van der Waals surface area (Å²) < 4.78 is 10.8. The summed E-state index contributed by atoms with van der Waals surface area (Å²) in [5, 5.41) is 2.94. The average Bonchev–Trinajstić information content (AvgIpc) is 2.71. The molecule has 0 aliphatic rings. The van der Waals surface area contributed by atoms with Crippen LogP contribution in [0.3, 0.4) is 0 Å². The number of nitrogens with one attached hydrogen (secondary N) is 3. The summed E-state index contributed by atoms with van der Waals surface area (Å²) in [6.07, 6.45) is -0.870.